The van der Waals surface area contributed by atoms with Gasteiger partial charge in [0, 0.05) is 0 Å². The monoisotopic (exact) mass is 424 g/mol. The predicted molar refractivity (Wildman–Crippen MR) is 109 cm³/mol. The number of hydrogen-bond donors (Lipinski definition) is 0. The molecular formula is C15H34Cl6. The number of rotatable bonds is 6. The van der Waals surface area contributed by atoms with Gasteiger partial charge >= 0.3 is 0 Å². The lowest BCUT2D eigenvalue weighted by atomic mass is 10.2. The van der Waals surface area contributed by atoms with Crippen LogP contribution in [0.15, 0.2) is 0 Å². The molecule has 0 aliphatic carbocycles. The largest absolute Gasteiger partial charge is 0.109 e. The lowest BCUT2D eigenvalue weighted by molar-refractivity contribution is 0.702. The average Bonchev–Trinajstić information content (AvgIpc) is 2.46. The molecule has 0 radical (unpaired) electrons. The molecule has 0 aliphatic rings. The van der Waals surface area contributed by atoms with E-state index in [2.05, 4.69) is 27.7 Å². The van der Waals surface area contributed by atoms with E-state index >= 15 is 0 Å². The molecule has 0 aromatic rings. The van der Waals surface area contributed by atoms with E-state index in [1.807, 2.05) is 0 Å². The van der Waals surface area contributed by atoms with Gasteiger partial charge in [0.15, 0.2) is 0 Å². The van der Waals surface area contributed by atoms with Gasteiger partial charge in [-0.15, -0.1) is 69.6 Å². The molecule has 0 unspecified atom stereocenters. The molecule has 21 heavy (non-hydrogen) atoms. The third kappa shape index (κ3) is 141. The van der Waals surface area contributed by atoms with Crippen molar-refractivity contribution in [2.24, 2.45) is 0 Å². The van der Waals surface area contributed by atoms with Crippen molar-refractivity contribution in [3.8, 4) is 0 Å². The van der Waals surface area contributed by atoms with E-state index in [0.717, 1.165) is 0 Å². The zero-order valence-electron chi connectivity index (χ0n) is 14.0. The minimum absolute atomic E-state index is 0.194. The smallest absolute Gasteiger partial charge is 0.0967 e. The van der Waals surface area contributed by atoms with E-state index in [4.69, 9.17) is 69.6 Å². The summed E-state index contributed by atoms with van der Waals surface area (Å²) in [5, 5.41) is 0.583. The first-order valence-corrected chi connectivity index (χ1v) is 10.6. The van der Waals surface area contributed by atoms with Crippen LogP contribution in [0.4, 0.5) is 0 Å². The van der Waals surface area contributed by atoms with Crippen LogP contribution in [-0.2, 0) is 0 Å². The quantitative estimate of drug-likeness (QED) is 0.293. The van der Waals surface area contributed by atoms with E-state index in [1.54, 1.807) is 0 Å². The Morgan fingerprint density at radius 1 is 0.381 bits per heavy atom. The van der Waals surface area contributed by atoms with Gasteiger partial charge in [0.05, 0.1) is 16.0 Å². The van der Waals surface area contributed by atoms with E-state index in [9.17, 15) is 0 Å². The fourth-order valence-electron chi connectivity index (χ4n) is 1.000. The summed E-state index contributed by atoms with van der Waals surface area (Å²) in [4.78, 5) is 0. The van der Waals surface area contributed by atoms with Crippen molar-refractivity contribution in [3.05, 3.63) is 0 Å². The molecule has 0 spiro atoms. The molecule has 136 valence electrons. The molecule has 0 bridgehead atoms. The van der Waals surface area contributed by atoms with Crippen LogP contribution in [0.5, 0.6) is 0 Å². The van der Waals surface area contributed by atoms with Gasteiger partial charge in [0.2, 0.25) is 0 Å². The van der Waals surface area contributed by atoms with Gasteiger partial charge in [0.1, 0.15) is 0 Å². The molecule has 0 saturated heterocycles. The van der Waals surface area contributed by atoms with Crippen LogP contribution in [0.2, 0.25) is 0 Å². The van der Waals surface area contributed by atoms with E-state index in [0.29, 0.717) is 0 Å². The van der Waals surface area contributed by atoms with Crippen LogP contribution in [0, 0.1) is 0 Å². The minimum atomic E-state index is 0.194. The highest BCUT2D eigenvalue weighted by Crippen LogP contribution is 1.95. The zero-order valence-corrected chi connectivity index (χ0v) is 18.6. The van der Waals surface area contributed by atoms with E-state index < -0.39 is 0 Å². The van der Waals surface area contributed by atoms with Crippen LogP contribution < -0.4 is 0 Å². The van der Waals surface area contributed by atoms with Crippen molar-refractivity contribution in [1.29, 1.82) is 0 Å². The predicted octanol–water partition coefficient (Wildman–Crippen LogP) is 9.44. The number of halogens is 6. The maximum Gasteiger partial charge on any atom is 0.0967 e. The summed E-state index contributed by atoms with van der Waals surface area (Å²) >= 11 is 28.6. The van der Waals surface area contributed by atoms with Crippen LogP contribution in [-0.4, -0.2) is 16.0 Å². The number of alkyl halides is 6. The Balaban J connectivity index is -0.0000000533. The van der Waals surface area contributed by atoms with Crippen LogP contribution in [0.3, 0.4) is 0 Å². The normalized spacial score (nSPS) is 7.71. The molecule has 0 amide bonds. The molecular weight excluding hydrogens is 393 g/mol. The Labute approximate surface area is 164 Å². The Hall–Kier alpha value is 1.74. The van der Waals surface area contributed by atoms with Gasteiger partial charge in [0.25, 0.3) is 0 Å². The van der Waals surface area contributed by atoms with Crippen molar-refractivity contribution in [2.75, 3.05) is 16.0 Å². The van der Waals surface area contributed by atoms with Crippen LogP contribution in [0.1, 0.15) is 79.1 Å². The topological polar surface area (TPSA) is 0 Å². The second kappa shape index (κ2) is 57.6. The molecule has 0 aromatic carbocycles. The molecule has 0 saturated carbocycles. The molecule has 0 rings (SSSR count). The summed E-state index contributed by atoms with van der Waals surface area (Å²) in [7, 11) is 0. The third-order valence-electron chi connectivity index (χ3n) is 1.91. The first-order chi connectivity index (χ1) is 10.1. The molecule has 6 heteroatoms. The summed E-state index contributed by atoms with van der Waals surface area (Å²) in [6.45, 7) is 8.93. The molecule has 0 heterocycles. The summed E-state index contributed by atoms with van der Waals surface area (Å²) in [6, 6.07) is 0. The highest BCUT2D eigenvalue weighted by atomic mass is 35.5. The second-order valence-electron chi connectivity index (χ2n) is 3.72. The lowest BCUT2D eigenvalue weighted by Gasteiger charge is -1.86. The Bertz CT molecular complexity index is 73.5. The number of unbranched alkanes of at least 4 members (excludes halogenated alkanes) is 6. The Morgan fingerprint density at radius 3 is 0.524 bits per heavy atom. The maximum absolute atomic E-state index is 4.76. The highest BCUT2D eigenvalue weighted by Gasteiger charge is 1.75. The van der Waals surface area contributed by atoms with Gasteiger partial charge in [-0.05, 0) is 0 Å². The van der Waals surface area contributed by atoms with E-state index in [1.165, 1.54) is 51.4 Å². The van der Waals surface area contributed by atoms with Gasteiger partial charge in [-0.25, -0.2) is 0 Å². The van der Waals surface area contributed by atoms with Crippen molar-refractivity contribution < 1.29 is 0 Å². The molecule has 0 nitrogen and oxygen atoms in total. The minimum Gasteiger partial charge on any atom is -0.109 e. The second-order valence-corrected chi connectivity index (χ2v) is 6.14. The average molecular weight is 427 g/mol. The van der Waals surface area contributed by atoms with Gasteiger partial charge in [-0.1, -0.05) is 79.1 Å². The van der Waals surface area contributed by atoms with Gasteiger partial charge < -0.3 is 0 Å². The zero-order chi connectivity index (χ0) is 17.8. The standard InChI is InChI=1S/2C6H14.3CH2Cl2/c2*1-3-5-6-4-2;3*2-1-3/h2*3-6H2,1-2H3;3*1H2. The Kier molecular flexibility index (Phi) is 93.7. The van der Waals surface area contributed by atoms with Crippen molar-refractivity contribution in [1.82, 2.24) is 0 Å². The highest BCUT2D eigenvalue weighted by molar-refractivity contribution is 6.41. The molecule has 0 atom stereocenters. The summed E-state index contributed by atoms with van der Waals surface area (Å²) in [5.74, 6) is 0. The van der Waals surface area contributed by atoms with Crippen LogP contribution >= 0.6 is 69.6 Å². The van der Waals surface area contributed by atoms with E-state index in [-0.39, 0.29) is 16.0 Å². The summed E-state index contributed by atoms with van der Waals surface area (Å²) in [6.07, 6.45) is 11.1. The van der Waals surface area contributed by atoms with Crippen molar-refractivity contribution >= 4 is 69.6 Å². The fraction of sp³-hybridized carbons (Fsp3) is 1.00. The summed E-state index contributed by atoms with van der Waals surface area (Å²) < 4.78 is 0. The first kappa shape index (κ1) is 34.2. The first-order valence-electron chi connectivity index (χ1n) is 7.43. The van der Waals surface area contributed by atoms with Crippen LogP contribution in [0.25, 0.3) is 0 Å². The molecule has 0 fully saturated rings. The summed E-state index contributed by atoms with van der Waals surface area (Å²) in [5.41, 5.74) is 0. The molecule has 0 N–H and O–H groups in total. The Morgan fingerprint density at radius 2 is 0.476 bits per heavy atom. The molecule has 0 aromatic heterocycles. The maximum atomic E-state index is 4.76. The van der Waals surface area contributed by atoms with Gasteiger partial charge in [-0.2, -0.15) is 0 Å². The van der Waals surface area contributed by atoms with Gasteiger partial charge in [-0.3, -0.25) is 0 Å². The third-order valence-corrected chi connectivity index (χ3v) is 1.91. The lowest BCUT2D eigenvalue weighted by Crippen LogP contribution is -1.66. The number of hydrogen-bond acceptors (Lipinski definition) is 0. The van der Waals surface area contributed by atoms with Crippen molar-refractivity contribution in [2.45, 2.75) is 79.1 Å². The van der Waals surface area contributed by atoms with Crippen molar-refractivity contribution in [3.63, 3.8) is 0 Å². The fourth-order valence-corrected chi connectivity index (χ4v) is 1.000. The molecule has 0 aliphatic heterocycles. The SMILES string of the molecule is CCCCCC.CCCCCC.ClCCl.ClCCl.ClCCl.